The van der Waals surface area contributed by atoms with E-state index in [0.717, 1.165) is 12.7 Å². The van der Waals surface area contributed by atoms with Gasteiger partial charge in [-0.3, -0.25) is 0 Å². The van der Waals surface area contributed by atoms with Gasteiger partial charge in [-0.05, 0) is 6.42 Å². The fraction of sp³-hybridized carbons (Fsp3) is 0.571. The highest BCUT2D eigenvalue weighted by Gasteiger charge is 2.14. The molecular weight excluding hydrogens is 208 g/mol. The zero-order valence-corrected chi connectivity index (χ0v) is 9.15. The fourth-order valence-corrected chi connectivity index (χ4v) is 2.72. The lowest BCUT2D eigenvalue weighted by molar-refractivity contribution is 0.597. The predicted molar refractivity (Wildman–Crippen MR) is 52.4 cm³/mol. The van der Waals surface area contributed by atoms with Crippen molar-refractivity contribution in [2.45, 2.75) is 24.4 Å². The van der Waals surface area contributed by atoms with Gasteiger partial charge in [0.2, 0.25) is 0 Å². The topological polar surface area (TPSA) is 73.0 Å². The molecule has 0 aliphatic heterocycles. The van der Waals surface area contributed by atoms with Gasteiger partial charge in [0.25, 0.3) is 0 Å². The summed E-state index contributed by atoms with van der Waals surface area (Å²) < 4.78 is 22.1. The number of hydrogen-bond acceptors (Lipinski definition) is 5. The van der Waals surface area contributed by atoms with Crippen LogP contribution in [-0.2, 0) is 9.84 Å². The average Bonchev–Trinajstić information content (AvgIpc) is 2.50. The quantitative estimate of drug-likeness (QED) is 0.823. The molecule has 0 spiro atoms. The predicted octanol–water partition coefficient (Wildman–Crippen LogP) is 0.956. The third-order valence-corrected chi connectivity index (χ3v) is 3.73. The molecule has 1 aromatic rings. The standard InChI is InChI=1S/C7H12N2O2S2/c1-3-5(8)7-9-6(4-12-7)13(2,10)11/h4-5H,3,8H2,1-2H3/t5-/m0/s1. The van der Waals surface area contributed by atoms with Gasteiger partial charge in [-0.15, -0.1) is 11.3 Å². The van der Waals surface area contributed by atoms with Crippen molar-refractivity contribution < 1.29 is 8.42 Å². The molecule has 1 aromatic heterocycles. The molecule has 0 amide bonds. The van der Waals surface area contributed by atoms with Crippen LogP contribution in [0.15, 0.2) is 10.4 Å². The summed E-state index contributed by atoms with van der Waals surface area (Å²) in [6.45, 7) is 1.94. The van der Waals surface area contributed by atoms with E-state index in [0.29, 0.717) is 5.01 Å². The van der Waals surface area contributed by atoms with Crippen molar-refractivity contribution in [1.29, 1.82) is 0 Å². The van der Waals surface area contributed by atoms with E-state index in [1.54, 1.807) is 0 Å². The van der Waals surface area contributed by atoms with Crippen molar-refractivity contribution in [3.63, 3.8) is 0 Å². The van der Waals surface area contributed by atoms with E-state index in [1.165, 1.54) is 16.7 Å². The van der Waals surface area contributed by atoms with E-state index in [-0.39, 0.29) is 11.1 Å². The number of nitrogens with zero attached hydrogens (tertiary/aromatic N) is 1. The molecule has 0 bridgehead atoms. The van der Waals surface area contributed by atoms with E-state index in [4.69, 9.17) is 5.73 Å². The van der Waals surface area contributed by atoms with Crippen LogP contribution >= 0.6 is 11.3 Å². The molecule has 0 radical (unpaired) electrons. The summed E-state index contributed by atoms with van der Waals surface area (Å²) in [6, 6.07) is -0.152. The van der Waals surface area contributed by atoms with Crippen molar-refractivity contribution in [2.75, 3.05) is 6.26 Å². The Kier molecular flexibility index (Phi) is 3.05. The first kappa shape index (κ1) is 10.6. The van der Waals surface area contributed by atoms with Gasteiger partial charge in [0, 0.05) is 11.6 Å². The number of nitrogens with two attached hydrogens (primary N) is 1. The number of thiazole rings is 1. The molecule has 6 heteroatoms. The molecular formula is C7H12N2O2S2. The molecule has 0 aliphatic carbocycles. The maximum atomic E-state index is 11.1. The van der Waals surface area contributed by atoms with Crippen molar-refractivity contribution in [3.05, 3.63) is 10.4 Å². The van der Waals surface area contributed by atoms with Crippen LogP contribution in [0.1, 0.15) is 24.4 Å². The Bertz CT molecular complexity index is 383. The van der Waals surface area contributed by atoms with E-state index >= 15 is 0 Å². The second-order valence-electron chi connectivity index (χ2n) is 2.81. The summed E-state index contributed by atoms with van der Waals surface area (Å²) in [7, 11) is -3.18. The van der Waals surface area contributed by atoms with Gasteiger partial charge in [-0.25, -0.2) is 13.4 Å². The molecule has 0 aliphatic rings. The van der Waals surface area contributed by atoms with E-state index in [2.05, 4.69) is 4.98 Å². The van der Waals surface area contributed by atoms with Gasteiger partial charge in [-0.1, -0.05) is 6.92 Å². The van der Waals surface area contributed by atoms with E-state index in [1.807, 2.05) is 6.92 Å². The normalized spacial score (nSPS) is 14.4. The van der Waals surface area contributed by atoms with Gasteiger partial charge in [0.15, 0.2) is 14.9 Å². The highest BCUT2D eigenvalue weighted by molar-refractivity contribution is 7.90. The SMILES string of the molecule is CC[C@H](N)c1nc(S(C)(=O)=O)cs1. The van der Waals surface area contributed by atoms with Gasteiger partial charge in [0.1, 0.15) is 5.01 Å². The third kappa shape index (κ3) is 2.49. The Morgan fingerprint density at radius 1 is 1.69 bits per heavy atom. The van der Waals surface area contributed by atoms with Crippen LogP contribution < -0.4 is 5.73 Å². The van der Waals surface area contributed by atoms with Crippen LogP contribution in [0.3, 0.4) is 0 Å². The molecule has 0 aromatic carbocycles. The lowest BCUT2D eigenvalue weighted by atomic mass is 10.3. The van der Waals surface area contributed by atoms with Crippen molar-refractivity contribution >= 4 is 21.2 Å². The largest absolute Gasteiger partial charge is 0.322 e. The van der Waals surface area contributed by atoms with Crippen LogP contribution in [0.2, 0.25) is 0 Å². The lowest BCUT2D eigenvalue weighted by Gasteiger charge is -2.01. The Morgan fingerprint density at radius 2 is 2.31 bits per heavy atom. The Labute approximate surface area is 81.7 Å². The Hall–Kier alpha value is -0.460. The molecule has 13 heavy (non-hydrogen) atoms. The summed E-state index contributed by atoms with van der Waals surface area (Å²) in [6.07, 6.45) is 1.90. The first-order valence-corrected chi connectivity index (χ1v) is 6.63. The third-order valence-electron chi connectivity index (χ3n) is 1.64. The Balaban J connectivity index is 3.00. The lowest BCUT2D eigenvalue weighted by Crippen LogP contribution is -2.08. The second-order valence-corrected chi connectivity index (χ2v) is 5.66. The molecule has 1 heterocycles. The highest BCUT2D eigenvalue weighted by atomic mass is 32.2. The molecule has 0 fully saturated rings. The number of sulfone groups is 1. The Morgan fingerprint density at radius 3 is 2.69 bits per heavy atom. The van der Waals surface area contributed by atoms with Gasteiger partial charge in [-0.2, -0.15) is 0 Å². The van der Waals surface area contributed by atoms with Gasteiger partial charge < -0.3 is 5.73 Å². The minimum absolute atomic E-state index is 0.122. The maximum absolute atomic E-state index is 11.1. The molecule has 0 saturated heterocycles. The monoisotopic (exact) mass is 220 g/mol. The summed E-state index contributed by atoms with van der Waals surface area (Å²) in [5, 5.41) is 2.33. The zero-order valence-electron chi connectivity index (χ0n) is 7.52. The fourth-order valence-electron chi connectivity index (χ4n) is 0.787. The van der Waals surface area contributed by atoms with Crippen LogP contribution in [0.5, 0.6) is 0 Å². The zero-order chi connectivity index (χ0) is 10.1. The number of rotatable bonds is 3. The van der Waals surface area contributed by atoms with E-state index < -0.39 is 9.84 Å². The van der Waals surface area contributed by atoms with Crippen molar-refractivity contribution in [2.24, 2.45) is 5.73 Å². The summed E-state index contributed by atoms with van der Waals surface area (Å²) >= 11 is 1.29. The van der Waals surface area contributed by atoms with Gasteiger partial charge in [0.05, 0.1) is 6.04 Å². The molecule has 74 valence electrons. The minimum atomic E-state index is -3.18. The number of hydrogen-bond donors (Lipinski definition) is 1. The summed E-state index contributed by atoms with van der Waals surface area (Å²) in [5.41, 5.74) is 5.70. The molecule has 1 rings (SSSR count). The second kappa shape index (κ2) is 3.73. The smallest absolute Gasteiger partial charge is 0.193 e. The first-order chi connectivity index (χ1) is 5.95. The van der Waals surface area contributed by atoms with Crippen molar-refractivity contribution in [3.8, 4) is 0 Å². The van der Waals surface area contributed by atoms with E-state index in [9.17, 15) is 8.42 Å². The molecule has 2 N–H and O–H groups in total. The first-order valence-electron chi connectivity index (χ1n) is 3.86. The summed E-state index contributed by atoms with van der Waals surface area (Å²) in [4.78, 5) is 3.96. The minimum Gasteiger partial charge on any atom is -0.322 e. The molecule has 4 nitrogen and oxygen atoms in total. The van der Waals surface area contributed by atoms with Crippen LogP contribution in [0, 0.1) is 0 Å². The molecule has 0 unspecified atom stereocenters. The van der Waals surface area contributed by atoms with Crippen LogP contribution in [-0.4, -0.2) is 19.7 Å². The van der Waals surface area contributed by atoms with Crippen LogP contribution in [0.4, 0.5) is 0 Å². The van der Waals surface area contributed by atoms with Crippen molar-refractivity contribution in [1.82, 2.24) is 4.98 Å². The highest BCUT2D eigenvalue weighted by Crippen LogP contribution is 2.20. The molecule has 1 atom stereocenters. The summed E-state index contributed by atoms with van der Waals surface area (Å²) in [5.74, 6) is 0. The number of aromatic nitrogens is 1. The van der Waals surface area contributed by atoms with Crippen LogP contribution in [0.25, 0.3) is 0 Å². The molecule has 0 saturated carbocycles. The van der Waals surface area contributed by atoms with Gasteiger partial charge >= 0.3 is 0 Å². The maximum Gasteiger partial charge on any atom is 0.193 e. The average molecular weight is 220 g/mol.